The van der Waals surface area contributed by atoms with E-state index in [1.807, 2.05) is 48.6 Å². The molecule has 1 aliphatic heterocycles. The molecule has 1 fully saturated rings. The smallest absolute Gasteiger partial charge is 0.276 e. The summed E-state index contributed by atoms with van der Waals surface area (Å²) in [6.45, 7) is 0.509. The third kappa shape index (κ3) is 1.95. The molecule has 3 rings (SSSR count). The van der Waals surface area contributed by atoms with Crippen LogP contribution >= 0.6 is 0 Å². The minimum atomic E-state index is -0.202. The van der Waals surface area contributed by atoms with Crippen LogP contribution in [0.15, 0.2) is 59.4 Å². The minimum absolute atomic E-state index is 0.105. The van der Waals surface area contributed by atoms with Crippen LogP contribution in [0.5, 0.6) is 0 Å². The number of hydrogen-bond donors (Lipinski definition) is 1. The number of nitrogens with zero attached hydrogens (tertiary/aromatic N) is 2. The van der Waals surface area contributed by atoms with E-state index in [4.69, 9.17) is 5.21 Å². The van der Waals surface area contributed by atoms with Gasteiger partial charge in [-0.25, -0.2) is 0 Å². The zero-order chi connectivity index (χ0) is 13.2. The van der Waals surface area contributed by atoms with Crippen LogP contribution in [0.4, 0.5) is 0 Å². The summed E-state index contributed by atoms with van der Waals surface area (Å²) in [7, 11) is 0. The molecule has 0 radical (unpaired) electrons. The number of fused-ring (bicyclic) bond motifs is 1. The molecule has 0 spiro atoms. The van der Waals surface area contributed by atoms with E-state index in [9.17, 15) is 4.79 Å². The molecular formula is C15H14N2O2. The Bertz CT molecular complexity index is 587. The normalized spacial score (nSPS) is 23.7. The lowest BCUT2D eigenvalue weighted by Crippen LogP contribution is -2.26. The zero-order valence-corrected chi connectivity index (χ0v) is 10.4. The molecule has 1 amide bonds. The van der Waals surface area contributed by atoms with E-state index < -0.39 is 0 Å². The molecule has 1 aromatic rings. The summed E-state index contributed by atoms with van der Waals surface area (Å²) in [5.41, 5.74) is 2.22. The lowest BCUT2D eigenvalue weighted by atomic mass is 9.95. The molecule has 96 valence electrons. The van der Waals surface area contributed by atoms with Crippen molar-refractivity contribution in [2.45, 2.75) is 13.0 Å². The van der Waals surface area contributed by atoms with Crippen LogP contribution in [-0.2, 0) is 11.3 Å². The van der Waals surface area contributed by atoms with Gasteiger partial charge in [0.1, 0.15) is 0 Å². The summed E-state index contributed by atoms with van der Waals surface area (Å²) in [6, 6.07) is 9.81. The van der Waals surface area contributed by atoms with Gasteiger partial charge in [0.15, 0.2) is 5.71 Å². The van der Waals surface area contributed by atoms with Crippen molar-refractivity contribution >= 4 is 11.6 Å². The van der Waals surface area contributed by atoms with Gasteiger partial charge < -0.3 is 10.1 Å². The summed E-state index contributed by atoms with van der Waals surface area (Å²) < 4.78 is 0. The molecule has 1 atom stereocenters. The second-order valence-electron chi connectivity index (χ2n) is 4.67. The van der Waals surface area contributed by atoms with E-state index in [-0.39, 0.29) is 17.5 Å². The maximum absolute atomic E-state index is 12.3. The van der Waals surface area contributed by atoms with E-state index in [1.165, 1.54) is 0 Å². The molecule has 1 unspecified atom stereocenters. The van der Waals surface area contributed by atoms with Crippen LogP contribution in [0, 0.1) is 5.92 Å². The van der Waals surface area contributed by atoms with Gasteiger partial charge in [-0.3, -0.25) is 4.79 Å². The van der Waals surface area contributed by atoms with Crippen LogP contribution in [-0.4, -0.2) is 21.7 Å². The molecule has 4 nitrogen and oxygen atoms in total. The van der Waals surface area contributed by atoms with Crippen molar-refractivity contribution in [3.63, 3.8) is 0 Å². The Hall–Kier alpha value is -2.36. The predicted molar refractivity (Wildman–Crippen MR) is 71.5 cm³/mol. The highest BCUT2D eigenvalue weighted by atomic mass is 16.4. The summed E-state index contributed by atoms with van der Waals surface area (Å²) in [4.78, 5) is 14.0. The lowest BCUT2D eigenvalue weighted by molar-refractivity contribution is -0.121. The first-order valence-electron chi connectivity index (χ1n) is 6.25. The topological polar surface area (TPSA) is 52.9 Å². The van der Waals surface area contributed by atoms with Gasteiger partial charge in [-0.15, -0.1) is 0 Å². The Morgan fingerprint density at radius 1 is 1.32 bits per heavy atom. The fraction of sp³-hybridized carbons (Fsp3) is 0.200. The van der Waals surface area contributed by atoms with Gasteiger partial charge in [0.2, 0.25) is 0 Å². The van der Waals surface area contributed by atoms with Gasteiger partial charge in [0.25, 0.3) is 5.91 Å². The maximum Gasteiger partial charge on any atom is 0.276 e. The number of likely N-dealkylation sites (tertiary alicyclic amines) is 1. The molecule has 2 aliphatic rings. The number of oxime groups is 1. The fourth-order valence-corrected chi connectivity index (χ4v) is 2.59. The van der Waals surface area contributed by atoms with Gasteiger partial charge in [-0.2, -0.15) is 0 Å². The minimum Gasteiger partial charge on any atom is -0.410 e. The van der Waals surface area contributed by atoms with Crippen molar-refractivity contribution in [2.24, 2.45) is 11.1 Å². The first-order chi connectivity index (χ1) is 9.31. The summed E-state index contributed by atoms with van der Waals surface area (Å²) in [6.07, 6.45) is 6.56. The Balaban J connectivity index is 1.94. The van der Waals surface area contributed by atoms with Crippen molar-refractivity contribution in [3.8, 4) is 0 Å². The number of hydrogen-bond acceptors (Lipinski definition) is 3. The van der Waals surface area contributed by atoms with E-state index in [0.717, 1.165) is 11.3 Å². The monoisotopic (exact) mass is 254 g/mol. The molecule has 1 heterocycles. The van der Waals surface area contributed by atoms with Crippen LogP contribution in [0.3, 0.4) is 0 Å². The second-order valence-corrected chi connectivity index (χ2v) is 4.67. The Morgan fingerprint density at radius 2 is 2.11 bits per heavy atom. The third-order valence-corrected chi connectivity index (χ3v) is 3.53. The van der Waals surface area contributed by atoms with Crippen molar-refractivity contribution < 1.29 is 10.0 Å². The van der Waals surface area contributed by atoms with Crippen molar-refractivity contribution in [1.29, 1.82) is 0 Å². The van der Waals surface area contributed by atoms with E-state index >= 15 is 0 Å². The van der Waals surface area contributed by atoms with Gasteiger partial charge in [-0.1, -0.05) is 47.6 Å². The summed E-state index contributed by atoms with van der Waals surface area (Å²) in [5, 5.41) is 12.2. The molecule has 1 aliphatic carbocycles. The molecule has 4 heteroatoms. The Labute approximate surface area is 111 Å². The first kappa shape index (κ1) is 11.7. The average Bonchev–Trinajstić information content (AvgIpc) is 2.73. The Morgan fingerprint density at radius 3 is 2.84 bits per heavy atom. The molecule has 0 aromatic heterocycles. The molecule has 1 N–H and O–H groups in total. The number of carbonyl (C=O) groups is 1. The van der Waals surface area contributed by atoms with Crippen LogP contribution in [0.25, 0.3) is 0 Å². The second kappa shape index (κ2) is 4.72. The highest BCUT2D eigenvalue weighted by molar-refractivity contribution is 6.42. The van der Waals surface area contributed by atoms with Crippen molar-refractivity contribution in [3.05, 3.63) is 59.8 Å². The summed E-state index contributed by atoms with van der Waals surface area (Å²) >= 11 is 0. The average molecular weight is 254 g/mol. The summed E-state index contributed by atoms with van der Waals surface area (Å²) in [5.74, 6) is -0.308. The molecule has 1 saturated heterocycles. The molecular weight excluding hydrogens is 240 g/mol. The lowest BCUT2D eigenvalue weighted by Gasteiger charge is -2.20. The maximum atomic E-state index is 12.3. The standard InChI is InChI=1S/C15H14N2O2/c18-15-14(16-19)12-8-4-5-9-13(12)17(15)10-11-6-2-1-3-7-11/h1-7,9,12,19H,8,10H2. The van der Waals surface area contributed by atoms with E-state index in [0.29, 0.717) is 13.0 Å². The zero-order valence-electron chi connectivity index (χ0n) is 10.4. The molecule has 0 bridgehead atoms. The van der Waals surface area contributed by atoms with Gasteiger partial charge in [0, 0.05) is 5.70 Å². The highest BCUT2D eigenvalue weighted by Crippen LogP contribution is 2.33. The predicted octanol–water partition coefficient (Wildman–Crippen LogP) is 2.32. The first-order valence-corrected chi connectivity index (χ1v) is 6.25. The largest absolute Gasteiger partial charge is 0.410 e. The molecule has 0 saturated carbocycles. The van der Waals surface area contributed by atoms with E-state index in [1.54, 1.807) is 4.90 Å². The van der Waals surface area contributed by atoms with Crippen molar-refractivity contribution in [1.82, 2.24) is 4.90 Å². The SMILES string of the molecule is O=C1C(=NO)C2CC=CC=C2N1Cc1ccccc1. The third-order valence-electron chi connectivity index (χ3n) is 3.53. The number of rotatable bonds is 2. The van der Waals surface area contributed by atoms with Gasteiger partial charge in [-0.05, 0) is 18.1 Å². The van der Waals surface area contributed by atoms with Crippen molar-refractivity contribution in [2.75, 3.05) is 0 Å². The fourth-order valence-electron chi connectivity index (χ4n) is 2.59. The van der Waals surface area contributed by atoms with Crippen LogP contribution < -0.4 is 0 Å². The Kier molecular flexibility index (Phi) is 2.91. The molecule has 19 heavy (non-hydrogen) atoms. The number of amides is 1. The van der Waals surface area contributed by atoms with Gasteiger partial charge >= 0.3 is 0 Å². The quantitative estimate of drug-likeness (QED) is 0.650. The van der Waals surface area contributed by atoms with Crippen LogP contribution in [0.2, 0.25) is 0 Å². The number of benzene rings is 1. The highest BCUT2D eigenvalue weighted by Gasteiger charge is 2.41. The van der Waals surface area contributed by atoms with E-state index in [2.05, 4.69) is 5.16 Å². The molecule has 1 aromatic carbocycles. The number of carbonyl (C=O) groups excluding carboxylic acids is 1. The number of allylic oxidation sites excluding steroid dienone is 4. The van der Waals surface area contributed by atoms with Crippen LogP contribution in [0.1, 0.15) is 12.0 Å². The van der Waals surface area contributed by atoms with Gasteiger partial charge in [0.05, 0.1) is 12.5 Å².